The van der Waals surface area contributed by atoms with Gasteiger partial charge in [0.2, 0.25) is 28.7 Å². The minimum Gasteiger partial charge on any atom is -0.600 e. The molecule has 5 saturated carbocycles. The van der Waals surface area contributed by atoms with E-state index in [2.05, 4.69) is 198 Å². The van der Waals surface area contributed by atoms with Crippen LogP contribution in [0.2, 0.25) is 37.3 Å². The molecule has 0 radical (unpaired) electrons. The predicted octanol–water partition coefficient (Wildman–Crippen LogP) is 19.2. The second-order valence-corrected chi connectivity index (χ2v) is 49.1. The molecule has 4 saturated heterocycles. The number of hydrogen-bond donors (Lipinski definition) is 8. The summed E-state index contributed by atoms with van der Waals surface area (Å²) in [5.41, 5.74) is 14.0. The van der Waals surface area contributed by atoms with Crippen LogP contribution < -0.4 is 43.8 Å². The third kappa shape index (κ3) is 29.0. The van der Waals surface area contributed by atoms with Crippen molar-refractivity contribution in [1.29, 1.82) is 0 Å². The highest BCUT2D eigenvalue weighted by Gasteiger charge is 2.73. The zero-order valence-corrected chi connectivity index (χ0v) is 85.0. The number of hydrogen-bond acceptors (Lipinski definition) is 31. The van der Waals surface area contributed by atoms with Gasteiger partial charge in [-0.3, -0.25) is 39.9 Å². The summed E-state index contributed by atoms with van der Waals surface area (Å²) in [5, 5.41) is 79.0. The van der Waals surface area contributed by atoms with E-state index in [4.69, 9.17) is 38.1 Å². The number of nitrogen functional groups attached to an aromatic ring is 3. The Labute approximate surface area is 850 Å². The van der Waals surface area contributed by atoms with Gasteiger partial charge in [-0.15, -0.1) is 15.3 Å². The zero-order chi connectivity index (χ0) is 111. The Balaban J connectivity index is 0.000000157. The number of alkyl halides is 12. The summed E-state index contributed by atoms with van der Waals surface area (Å²) in [4.78, 5) is 67.1. The van der Waals surface area contributed by atoms with E-state index >= 15 is 4.39 Å². The molecular formula is C88H102BBrClF19N28O10Si. The van der Waals surface area contributed by atoms with Crippen LogP contribution in [-0.2, 0) is 18.9 Å². The second-order valence-electron chi connectivity index (χ2n) is 42.0. The van der Waals surface area contributed by atoms with Crippen molar-refractivity contribution >= 4 is 112 Å². The van der Waals surface area contributed by atoms with Gasteiger partial charge >= 0.3 is 60.4 Å². The van der Waals surface area contributed by atoms with Gasteiger partial charge in [-0.05, 0) is 260 Å². The number of nitrogens with two attached hydrogens (primary N) is 3. The maximum atomic E-state index is 15.1. The van der Waals surface area contributed by atoms with Crippen LogP contribution in [0.5, 0.6) is 0 Å². The molecule has 10 aromatic rings. The van der Waals surface area contributed by atoms with Crippen molar-refractivity contribution in [3.63, 3.8) is 0 Å². The first-order valence-electron chi connectivity index (χ1n) is 45.8. The van der Waals surface area contributed by atoms with Crippen LogP contribution in [0.4, 0.5) is 141 Å². The van der Waals surface area contributed by atoms with Crippen molar-refractivity contribution in [3.8, 4) is 17.1 Å². The first kappa shape index (κ1) is 115. The molecule has 19 rings (SSSR count). The molecule has 149 heavy (non-hydrogen) atoms. The molecule has 61 heteroatoms. The van der Waals surface area contributed by atoms with E-state index in [1.807, 2.05) is 7.05 Å². The Bertz CT molecular complexity index is 6550. The fraction of sp³-hybridized carbons (Fsp3) is 0.511. The molecular weight excluding hydrogens is 2120 g/mol. The molecule has 0 amide bonds. The van der Waals surface area contributed by atoms with Gasteiger partial charge in [-0.2, -0.15) is 80.5 Å². The van der Waals surface area contributed by atoms with Gasteiger partial charge in [-0.1, -0.05) is 45.5 Å². The number of nitro benzene ring substituents is 3. The number of aromatic nitrogens is 16. The number of rotatable bonds is 17. The van der Waals surface area contributed by atoms with E-state index < -0.39 is 159 Å². The number of fused-ring (bicyclic) bond motifs is 1. The topological polar surface area (TPSA) is 503 Å². The number of quaternary nitrogens is 1. The second kappa shape index (κ2) is 43.2. The SMILES string of the molecule is CC1(C)CC(Nc2nc(Cl)ncc2F)CC(C)(C)N1.CC1(C)CC(Nc2nc(Nc3cc(-n4cnnn4)c([C@H]4C[C@@H]4C(F)(F)F)cc3F)ncc2F)CC(C)(C)N1.C[C@@H]1C[C@H]1[B-]12OC(=O)C[N+]1(C)CC(=O)O2.C[Si](C)(C)C.Nc1cc(-n2cnnn2)c([C@H]2C[C@@H]2C(F)(F)F)cc1F.Nc1cc([N+](=O)[O-])c(F)cc1Br.Nc1cc([N+](=O)[O-])c(F)cc1[C@H]1C[C@@H]1C(F)(F)F.O=[N+]([O-])c1cc(-n2cnnn2)c([C@H]2C[C@@H]2C(F)(F)F)cc1F. The Kier molecular flexibility index (Phi) is 33.2. The summed E-state index contributed by atoms with van der Waals surface area (Å²) in [7, 11) is 1.28. The summed E-state index contributed by atoms with van der Waals surface area (Å²) in [6, 6.07) is 9.69. The number of nitro groups is 3. The normalized spacial score (nSPS) is 23.9. The third-order valence-corrected chi connectivity index (χ3v) is 26.2. The quantitative estimate of drug-likeness (QED) is 0.0105. The highest BCUT2D eigenvalue weighted by Crippen LogP contribution is 2.63. The monoisotopic (exact) mass is 2220 g/mol. The highest BCUT2D eigenvalue weighted by atomic mass is 79.9. The lowest BCUT2D eigenvalue weighted by molar-refractivity contribution is -0.794. The van der Waals surface area contributed by atoms with Crippen molar-refractivity contribution in [2.24, 2.45) is 29.6 Å². The molecule has 5 aliphatic carbocycles. The van der Waals surface area contributed by atoms with Crippen LogP contribution in [0.15, 0.2) is 96.5 Å². The number of anilines is 7. The minimum absolute atomic E-state index is 0.00211. The number of benzene rings is 5. The van der Waals surface area contributed by atoms with Crippen molar-refractivity contribution in [2.45, 2.75) is 235 Å². The summed E-state index contributed by atoms with van der Waals surface area (Å²) in [5.74, 6) is -15.3. The van der Waals surface area contributed by atoms with Crippen LogP contribution in [0, 0.1) is 101 Å². The number of halogens is 21. The molecule has 11 N–H and O–H groups in total. The summed E-state index contributed by atoms with van der Waals surface area (Å²) >= 11 is 8.65. The molecule has 0 spiro atoms. The number of likely N-dealkylation sites (N-methyl/N-ethyl adjacent to an activating group) is 1. The van der Waals surface area contributed by atoms with Crippen molar-refractivity contribution in [2.75, 3.05) is 53.3 Å². The lowest BCUT2D eigenvalue weighted by atomic mass is 9.61. The van der Waals surface area contributed by atoms with Crippen molar-refractivity contribution in [1.82, 2.24) is 91.2 Å². The maximum absolute atomic E-state index is 15.1. The number of piperidine rings is 2. The molecule has 10 atom stereocenters. The minimum atomic E-state index is -4.40. The van der Waals surface area contributed by atoms with E-state index in [1.54, 1.807) is 0 Å². The third-order valence-electron chi connectivity index (χ3n) is 25.3. The van der Waals surface area contributed by atoms with Crippen LogP contribution >= 0.6 is 27.5 Å². The van der Waals surface area contributed by atoms with Gasteiger partial charge in [0.25, 0.3) is 0 Å². The largest absolute Gasteiger partial charge is 0.600 e. The maximum Gasteiger partial charge on any atom is 0.587 e. The fourth-order valence-corrected chi connectivity index (χ4v) is 19.6. The number of tetrazole rings is 3. The molecule has 808 valence electrons. The van der Waals surface area contributed by atoms with E-state index in [1.165, 1.54) is 34.2 Å². The fourth-order valence-electron chi connectivity index (χ4n) is 19.2. The molecule has 9 aliphatic rings. The first-order valence-corrected chi connectivity index (χ1v) is 50.9. The van der Waals surface area contributed by atoms with Crippen LogP contribution in [0.1, 0.15) is 166 Å². The van der Waals surface area contributed by atoms with E-state index in [0.29, 0.717) is 27.6 Å². The van der Waals surface area contributed by atoms with Crippen LogP contribution in [0.25, 0.3) is 17.1 Å². The zero-order valence-electron chi connectivity index (χ0n) is 81.6. The summed E-state index contributed by atoms with van der Waals surface area (Å²) < 4.78 is 264. The van der Waals surface area contributed by atoms with Crippen LogP contribution in [0.3, 0.4) is 0 Å². The van der Waals surface area contributed by atoms with Crippen molar-refractivity contribution in [3.05, 3.63) is 195 Å². The average Bonchev–Trinajstić information content (AvgIpc) is 1.53. The molecule has 0 bridgehead atoms. The Hall–Kier alpha value is -13.0. The Morgan fingerprint density at radius 2 is 0.819 bits per heavy atom. The lowest BCUT2D eigenvalue weighted by Crippen LogP contribution is -2.60. The smallest absolute Gasteiger partial charge is 0.587 e. The summed E-state index contributed by atoms with van der Waals surface area (Å²) in [6.07, 6.45) is -8.23. The van der Waals surface area contributed by atoms with Gasteiger partial charge in [0.1, 0.15) is 43.7 Å². The van der Waals surface area contributed by atoms with Crippen molar-refractivity contribution < 1.29 is 121 Å². The van der Waals surface area contributed by atoms with Gasteiger partial charge in [0.05, 0.1) is 85.0 Å². The van der Waals surface area contributed by atoms with E-state index in [0.717, 1.165) is 91.2 Å². The standard InChI is InChI=1S/C24H28F5N9.C13H20ClFN4.C11H7F4N5O2.C11H9F4N5.C10H8F4N2O2.C9H14BNO4.C6H4BrFN2O2.C4H12Si/c1-22(2)8-12(9-23(3,4)35-22)32-20-17(26)10-30-21(34-20)33-18-7-19(38-11-31-36-37-38)14(6-16(18)25)13-5-15(13)24(27,28)29;1-12(2)5-8(6-13(3,4)19-12)17-10-9(15)7-16-11(14)18-10;12-8-2-6(5-1-7(5)11(13,14)15)9(3-10(8)20(21)22)19-4-16-17-18-19;12-8-2-6(5-1-7(5)11(13,14)15)10(3-9(8)16)20-4-17-18-19-20;11-7-2-5(4-1-6(4)10(12,13)14)8(15)3-9(7)16(17)18;1-6-3-7(6)10-11(2,4-8(12)14-10)5-9(13)15-10;7-3-1-4(8)6(10(11)12)2-5(3)9;1-5(2,3)4/h6-7,10-13,15,35H,5,8-9H2,1-4H3,(H2,30,32,33,34);7-8,19H,5-6H2,1-4H3,(H,16,17,18);2-5,7H,1H2;2-5,7H,1,16H2;2-4,6H,1,15H2;6-7H,3-5H2,1-2H3;1-2H,9H2;1-4H3/t13-,15+;;2*5-,7+;4-,6+;6-,7-,10?,11?;;/m1.1111../s1. The summed E-state index contributed by atoms with van der Waals surface area (Å²) in [6.45, 7) is 27.1. The van der Waals surface area contributed by atoms with Crippen LogP contribution in [-0.4, -0.2) is 206 Å². The average molecular weight is 2230 g/mol. The molecule has 0 unspecified atom stereocenters. The van der Waals surface area contributed by atoms with Gasteiger partial charge in [-0.25, -0.2) is 36.9 Å². The van der Waals surface area contributed by atoms with E-state index in [-0.39, 0.29) is 176 Å². The molecule has 5 aromatic carbocycles. The van der Waals surface area contributed by atoms with E-state index in [9.17, 15) is 119 Å². The molecule has 38 nitrogen and oxygen atoms in total. The van der Waals surface area contributed by atoms with Gasteiger partial charge in [0, 0.05) is 77.7 Å². The first-order chi connectivity index (χ1) is 68.7. The number of nitrogens with one attached hydrogen (secondary N) is 5. The van der Waals surface area contributed by atoms with Gasteiger partial charge in [0.15, 0.2) is 23.3 Å². The number of carbonyl (C=O) groups is 2. The van der Waals surface area contributed by atoms with Gasteiger partial charge < -0.3 is 57.5 Å². The molecule has 4 aliphatic heterocycles. The highest BCUT2D eigenvalue weighted by molar-refractivity contribution is 9.10. The lowest BCUT2D eigenvalue weighted by Gasteiger charge is -2.46. The molecule has 9 fully saturated rings. The Morgan fingerprint density at radius 3 is 1.19 bits per heavy atom. The predicted molar refractivity (Wildman–Crippen MR) is 507 cm³/mol. The number of carbonyl (C=O) groups excluding carboxylic acids is 2. The number of nitrogens with zero attached hydrogens (tertiary/aromatic N) is 20. The molecule has 9 heterocycles. The Morgan fingerprint density at radius 1 is 0.483 bits per heavy atom. The molecule has 5 aromatic heterocycles.